The number of hydrogen-bond acceptors (Lipinski definition) is 5. The lowest BCUT2D eigenvalue weighted by Gasteiger charge is -2.04. The summed E-state index contributed by atoms with van der Waals surface area (Å²) >= 11 is 0. The number of ether oxygens (including phenoxy) is 1. The number of furan rings is 1. The maximum absolute atomic E-state index is 11.8. The molecule has 0 N–H and O–H groups in total. The molecule has 90 valence electrons. The molecule has 5 nitrogen and oxygen atoms in total. The maximum atomic E-state index is 11.8. The molecule has 3 rings (SSSR count). The third-order valence-corrected chi connectivity index (χ3v) is 2.71. The van der Waals surface area contributed by atoms with Crippen molar-refractivity contribution in [2.45, 2.75) is 0 Å². The van der Waals surface area contributed by atoms with Crippen LogP contribution in [0.3, 0.4) is 0 Å². The van der Waals surface area contributed by atoms with Crippen LogP contribution < -0.4 is 5.63 Å². The van der Waals surface area contributed by atoms with Crippen LogP contribution in [0.5, 0.6) is 0 Å². The molecule has 0 bridgehead atoms. The van der Waals surface area contributed by atoms with E-state index in [4.69, 9.17) is 13.6 Å². The first kappa shape index (κ1) is 10.6. The largest absolute Gasteiger partial charge is 0.465 e. The molecule has 0 atom stereocenters. The molecule has 0 saturated carbocycles. The third kappa shape index (κ3) is 1.41. The van der Waals surface area contributed by atoms with Crippen molar-refractivity contribution in [3.8, 4) is 0 Å². The summed E-state index contributed by atoms with van der Waals surface area (Å²) in [6.07, 6.45) is 1.47. The van der Waals surface area contributed by atoms with Crippen molar-refractivity contribution < 1.29 is 18.4 Å². The fourth-order valence-electron chi connectivity index (χ4n) is 1.93. The fourth-order valence-corrected chi connectivity index (χ4v) is 1.93. The first-order valence-corrected chi connectivity index (χ1v) is 5.23. The van der Waals surface area contributed by atoms with Crippen molar-refractivity contribution in [1.82, 2.24) is 0 Å². The minimum absolute atomic E-state index is 0.132. The van der Waals surface area contributed by atoms with E-state index in [-0.39, 0.29) is 11.1 Å². The second kappa shape index (κ2) is 3.73. The average molecular weight is 244 g/mol. The molecule has 18 heavy (non-hydrogen) atoms. The first-order valence-electron chi connectivity index (χ1n) is 5.23. The van der Waals surface area contributed by atoms with Gasteiger partial charge in [-0.3, -0.25) is 0 Å². The molecule has 0 spiro atoms. The molecule has 0 saturated heterocycles. The van der Waals surface area contributed by atoms with E-state index < -0.39 is 11.6 Å². The van der Waals surface area contributed by atoms with Gasteiger partial charge in [0.25, 0.3) is 0 Å². The van der Waals surface area contributed by atoms with Crippen molar-refractivity contribution in [2.75, 3.05) is 7.11 Å². The summed E-state index contributed by atoms with van der Waals surface area (Å²) in [4.78, 5) is 23.1. The van der Waals surface area contributed by atoms with E-state index in [0.717, 1.165) is 5.39 Å². The van der Waals surface area contributed by atoms with Gasteiger partial charge in [0, 0.05) is 16.8 Å². The number of benzene rings is 1. The minimum Gasteiger partial charge on any atom is -0.465 e. The molecule has 0 aliphatic rings. The van der Waals surface area contributed by atoms with Crippen molar-refractivity contribution in [3.63, 3.8) is 0 Å². The molecule has 1 aromatic carbocycles. The van der Waals surface area contributed by atoms with E-state index in [1.165, 1.54) is 19.4 Å². The molecule has 0 aliphatic heterocycles. The Morgan fingerprint density at radius 2 is 1.94 bits per heavy atom. The van der Waals surface area contributed by atoms with Gasteiger partial charge in [0.2, 0.25) is 0 Å². The zero-order valence-corrected chi connectivity index (χ0v) is 9.43. The Bertz CT molecular complexity index is 809. The van der Waals surface area contributed by atoms with Gasteiger partial charge in [0.15, 0.2) is 11.2 Å². The van der Waals surface area contributed by atoms with E-state index in [1.54, 1.807) is 18.2 Å². The van der Waals surface area contributed by atoms with Crippen molar-refractivity contribution in [1.29, 1.82) is 0 Å². The number of fused-ring (bicyclic) bond motifs is 2. The molecule has 0 radical (unpaired) electrons. The van der Waals surface area contributed by atoms with Crippen LogP contribution in [-0.2, 0) is 4.74 Å². The Balaban J connectivity index is 2.56. The van der Waals surface area contributed by atoms with Crippen LogP contribution >= 0.6 is 0 Å². The summed E-state index contributed by atoms with van der Waals surface area (Å²) in [5.41, 5.74) is 0.131. The van der Waals surface area contributed by atoms with Gasteiger partial charge in [0.05, 0.1) is 13.4 Å². The smallest absolute Gasteiger partial charge is 0.345 e. The van der Waals surface area contributed by atoms with Gasteiger partial charge in [-0.2, -0.15) is 0 Å². The van der Waals surface area contributed by atoms with Gasteiger partial charge in [-0.1, -0.05) is 0 Å². The van der Waals surface area contributed by atoms with Crippen molar-refractivity contribution in [2.24, 2.45) is 0 Å². The van der Waals surface area contributed by atoms with Crippen LogP contribution in [0.25, 0.3) is 21.9 Å². The predicted molar refractivity (Wildman–Crippen MR) is 63.6 cm³/mol. The van der Waals surface area contributed by atoms with Crippen LogP contribution in [0, 0.1) is 0 Å². The van der Waals surface area contributed by atoms with Crippen LogP contribution in [-0.4, -0.2) is 13.1 Å². The van der Waals surface area contributed by atoms with Crippen molar-refractivity contribution >= 4 is 27.9 Å². The monoisotopic (exact) mass is 244 g/mol. The number of esters is 1. The summed E-state index contributed by atoms with van der Waals surface area (Å²) < 4.78 is 15.0. The highest BCUT2D eigenvalue weighted by molar-refractivity contribution is 6.12. The summed E-state index contributed by atoms with van der Waals surface area (Å²) in [5.74, 6) is -0.602. The van der Waals surface area contributed by atoms with Crippen LogP contribution in [0.4, 0.5) is 0 Å². The average Bonchev–Trinajstić information content (AvgIpc) is 2.82. The predicted octanol–water partition coefficient (Wildman–Crippen LogP) is 2.33. The van der Waals surface area contributed by atoms with Crippen LogP contribution in [0.2, 0.25) is 0 Å². The van der Waals surface area contributed by atoms with Gasteiger partial charge in [-0.15, -0.1) is 0 Å². The highest BCUT2D eigenvalue weighted by atomic mass is 16.5. The standard InChI is InChI=1S/C13H8O5/c1-16-13(15)10-11-8(4-5-17-11)6-7-2-3-9(14)18-12(7)10/h2-6H,1H3. The minimum atomic E-state index is -0.602. The number of carbonyl (C=O) groups excluding carboxylic acids is 1. The molecule has 0 fully saturated rings. The second-order valence-corrected chi connectivity index (χ2v) is 3.75. The molecule has 0 amide bonds. The lowest BCUT2D eigenvalue weighted by molar-refractivity contribution is 0.0602. The van der Waals surface area contributed by atoms with Crippen LogP contribution in [0.15, 0.2) is 44.2 Å². The SMILES string of the molecule is COC(=O)c1c2occc2cc2ccc(=O)oc12. The van der Waals surface area contributed by atoms with Gasteiger partial charge in [0.1, 0.15) is 5.56 Å². The lowest BCUT2D eigenvalue weighted by atomic mass is 10.1. The zero-order valence-electron chi connectivity index (χ0n) is 9.43. The van der Waals surface area contributed by atoms with E-state index in [9.17, 15) is 9.59 Å². The Hall–Kier alpha value is -2.56. The lowest BCUT2D eigenvalue weighted by Crippen LogP contribution is -2.05. The van der Waals surface area contributed by atoms with Gasteiger partial charge in [-0.05, 0) is 18.2 Å². The zero-order chi connectivity index (χ0) is 12.7. The first-order chi connectivity index (χ1) is 8.70. The second-order valence-electron chi connectivity index (χ2n) is 3.75. The summed E-state index contributed by atoms with van der Waals surface area (Å²) in [6, 6.07) is 6.41. The number of hydrogen-bond donors (Lipinski definition) is 0. The molecule has 2 aromatic heterocycles. The molecular formula is C13H8O5. The summed E-state index contributed by atoms with van der Waals surface area (Å²) in [7, 11) is 1.26. The molecule has 5 heteroatoms. The maximum Gasteiger partial charge on any atom is 0.345 e. The quantitative estimate of drug-likeness (QED) is 0.485. The van der Waals surface area contributed by atoms with E-state index in [2.05, 4.69) is 0 Å². The summed E-state index contributed by atoms with van der Waals surface area (Å²) in [5, 5.41) is 1.39. The van der Waals surface area contributed by atoms with Gasteiger partial charge >= 0.3 is 11.6 Å². The van der Waals surface area contributed by atoms with E-state index in [1.807, 2.05) is 0 Å². The molecular weight excluding hydrogens is 236 g/mol. The Labute approximate surface area is 101 Å². The number of rotatable bonds is 1. The topological polar surface area (TPSA) is 69.7 Å². The Kier molecular flexibility index (Phi) is 2.19. The van der Waals surface area contributed by atoms with Gasteiger partial charge in [-0.25, -0.2) is 9.59 Å². The Morgan fingerprint density at radius 3 is 2.72 bits per heavy atom. The van der Waals surface area contributed by atoms with E-state index >= 15 is 0 Å². The highest BCUT2D eigenvalue weighted by Crippen LogP contribution is 2.28. The van der Waals surface area contributed by atoms with Gasteiger partial charge < -0.3 is 13.6 Å². The Morgan fingerprint density at radius 1 is 1.17 bits per heavy atom. The molecule has 0 unspecified atom stereocenters. The molecule has 3 aromatic rings. The summed E-state index contributed by atoms with van der Waals surface area (Å²) in [6.45, 7) is 0. The molecule has 2 heterocycles. The van der Waals surface area contributed by atoms with Crippen molar-refractivity contribution in [3.05, 3.63) is 46.5 Å². The number of carbonyl (C=O) groups is 1. The fraction of sp³-hybridized carbons (Fsp3) is 0.0769. The van der Waals surface area contributed by atoms with Crippen LogP contribution in [0.1, 0.15) is 10.4 Å². The molecule has 0 aliphatic carbocycles. The van der Waals surface area contributed by atoms with E-state index in [0.29, 0.717) is 11.0 Å². The normalized spacial score (nSPS) is 10.9. The third-order valence-electron chi connectivity index (χ3n) is 2.71. The highest BCUT2D eigenvalue weighted by Gasteiger charge is 2.20. The number of methoxy groups -OCH3 is 1.